The fraction of sp³-hybridized carbons (Fsp3) is 0.800. The highest BCUT2D eigenvalue weighted by Crippen LogP contribution is 2.37. The Labute approximate surface area is 92.2 Å². The number of aliphatic hydroxyl groups is 1. The maximum absolute atomic E-state index is 12.0. The molecule has 0 heterocycles. The summed E-state index contributed by atoms with van der Waals surface area (Å²) in [4.78, 5) is 11.6. The van der Waals surface area contributed by atoms with E-state index in [1.807, 2.05) is 6.07 Å². The Balaban J connectivity index is 2.49. The standard InChI is InChI=1S/C10H14F2N2O2/c11-8(12)7(15)5-14-9(16)10(6-13)3-1-2-4-10/h7-8,15H,1-5H2,(H,14,16). The Morgan fingerprint density at radius 1 is 1.50 bits per heavy atom. The van der Waals surface area contributed by atoms with Gasteiger partial charge in [0.05, 0.1) is 6.07 Å². The summed E-state index contributed by atoms with van der Waals surface area (Å²) in [5, 5.41) is 20.0. The minimum Gasteiger partial charge on any atom is -0.385 e. The molecule has 0 saturated heterocycles. The molecule has 90 valence electrons. The first-order valence-corrected chi connectivity index (χ1v) is 5.17. The minimum atomic E-state index is -2.89. The highest BCUT2D eigenvalue weighted by molar-refractivity contribution is 5.85. The van der Waals surface area contributed by atoms with E-state index in [1.54, 1.807) is 0 Å². The maximum Gasteiger partial charge on any atom is 0.265 e. The summed E-state index contributed by atoms with van der Waals surface area (Å²) < 4.78 is 23.9. The molecule has 6 heteroatoms. The lowest BCUT2D eigenvalue weighted by atomic mass is 9.87. The number of rotatable bonds is 4. The van der Waals surface area contributed by atoms with Gasteiger partial charge in [-0.05, 0) is 12.8 Å². The van der Waals surface area contributed by atoms with Gasteiger partial charge < -0.3 is 10.4 Å². The molecule has 1 unspecified atom stereocenters. The average molecular weight is 232 g/mol. The molecule has 1 fully saturated rings. The molecule has 1 saturated carbocycles. The number of nitrogens with one attached hydrogen (secondary N) is 1. The van der Waals surface area contributed by atoms with Gasteiger partial charge in [-0.15, -0.1) is 0 Å². The Kier molecular flexibility index (Phi) is 4.19. The summed E-state index contributed by atoms with van der Waals surface area (Å²) in [6, 6.07) is 1.95. The monoisotopic (exact) mass is 232 g/mol. The quantitative estimate of drug-likeness (QED) is 0.753. The van der Waals surface area contributed by atoms with E-state index in [0.717, 1.165) is 12.8 Å². The van der Waals surface area contributed by atoms with Crippen molar-refractivity contribution >= 4 is 5.91 Å². The normalized spacial score (nSPS) is 20.4. The fourth-order valence-electron chi connectivity index (χ4n) is 1.82. The number of carbonyl (C=O) groups excluding carboxylic acids is 1. The first-order valence-electron chi connectivity index (χ1n) is 5.17. The van der Waals surface area contributed by atoms with Crippen LogP contribution < -0.4 is 5.32 Å². The summed E-state index contributed by atoms with van der Waals surface area (Å²) in [6.45, 7) is -0.514. The third-order valence-electron chi connectivity index (χ3n) is 2.87. The lowest BCUT2D eigenvalue weighted by Crippen LogP contribution is -2.43. The Morgan fingerprint density at radius 2 is 2.06 bits per heavy atom. The number of carbonyl (C=O) groups is 1. The van der Waals surface area contributed by atoms with Crippen molar-refractivity contribution in [3.05, 3.63) is 0 Å². The van der Waals surface area contributed by atoms with Crippen molar-refractivity contribution in [1.29, 1.82) is 5.26 Å². The summed E-state index contributed by atoms with van der Waals surface area (Å²) in [5.74, 6) is -0.549. The SMILES string of the molecule is N#CC1(C(=O)NCC(O)C(F)F)CCCC1. The van der Waals surface area contributed by atoms with Gasteiger partial charge in [0.15, 0.2) is 0 Å². The average Bonchev–Trinajstić information content (AvgIpc) is 2.74. The van der Waals surface area contributed by atoms with Gasteiger partial charge in [-0.25, -0.2) is 8.78 Å². The van der Waals surface area contributed by atoms with Gasteiger partial charge in [0.1, 0.15) is 11.5 Å². The number of amides is 1. The van der Waals surface area contributed by atoms with Gasteiger partial charge in [-0.1, -0.05) is 12.8 Å². The number of aliphatic hydroxyl groups excluding tert-OH is 1. The second-order valence-electron chi connectivity index (χ2n) is 4.01. The van der Waals surface area contributed by atoms with Crippen LogP contribution in [0.15, 0.2) is 0 Å². The second-order valence-corrected chi connectivity index (χ2v) is 4.01. The summed E-state index contributed by atoms with van der Waals surface area (Å²) in [6.07, 6.45) is -2.26. The Morgan fingerprint density at radius 3 is 2.50 bits per heavy atom. The predicted molar refractivity (Wildman–Crippen MR) is 51.5 cm³/mol. The van der Waals surface area contributed by atoms with E-state index in [4.69, 9.17) is 10.4 Å². The van der Waals surface area contributed by atoms with Gasteiger partial charge in [-0.3, -0.25) is 4.79 Å². The van der Waals surface area contributed by atoms with Crippen molar-refractivity contribution in [2.24, 2.45) is 5.41 Å². The van der Waals surface area contributed by atoms with Crippen LogP contribution >= 0.6 is 0 Å². The zero-order valence-electron chi connectivity index (χ0n) is 8.75. The molecule has 1 aliphatic carbocycles. The van der Waals surface area contributed by atoms with Crippen molar-refractivity contribution in [2.75, 3.05) is 6.54 Å². The second kappa shape index (κ2) is 5.21. The van der Waals surface area contributed by atoms with E-state index in [0.29, 0.717) is 12.8 Å². The first kappa shape index (κ1) is 12.8. The number of hydrogen-bond donors (Lipinski definition) is 2. The van der Waals surface area contributed by atoms with Crippen LogP contribution in [0.1, 0.15) is 25.7 Å². The number of alkyl halides is 2. The molecular weight excluding hydrogens is 218 g/mol. The van der Waals surface area contributed by atoms with E-state index < -0.39 is 30.4 Å². The predicted octanol–water partition coefficient (Wildman–Crippen LogP) is 0.813. The van der Waals surface area contributed by atoms with Crippen LogP contribution in [-0.2, 0) is 4.79 Å². The number of nitriles is 1. The molecule has 1 amide bonds. The topological polar surface area (TPSA) is 73.1 Å². The molecule has 0 bridgehead atoms. The van der Waals surface area contributed by atoms with Crippen molar-refractivity contribution < 1.29 is 18.7 Å². The van der Waals surface area contributed by atoms with Gasteiger partial charge in [0, 0.05) is 6.54 Å². The highest BCUT2D eigenvalue weighted by atomic mass is 19.3. The minimum absolute atomic E-state index is 0.458. The summed E-state index contributed by atoms with van der Waals surface area (Å²) >= 11 is 0. The largest absolute Gasteiger partial charge is 0.385 e. The molecule has 0 spiro atoms. The molecule has 0 aromatic heterocycles. The summed E-state index contributed by atoms with van der Waals surface area (Å²) in [7, 11) is 0. The van der Waals surface area contributed by atoms with Gasteiger partial charge >= 0.3 is 0 Å². The molecule has 2 N–H and O–H groups in total. The van der Waals surface area contributed by atoms with E-state index >= 15 is 0 Å². The van der Waals surface area contributed by atoms with Gasteiger partial charge in [0.2, 0.25) is 5.91 Å². The smallest absolute Gasteiger partial charge is 0.265 e. The molecule has 1 rings (SSSR count). The van der Waals surface area contributed by atoms with Crippen molar-refractivity contribution in [1.82, 2.24) is 5.32 Å². The van der Waals surface area contributed by atoms with Crippen LogP contribution in [0.4, 0.5) is 8.78 Å². The van der Waals surface area contributed by atoms with Gasteiger partial charge in [-0.2, -0.15) is 5.26 Å². The third-order valence-corrected chi connectivity index (χ3v) is 2.87. The third kappa shape index (κ3) is 2.67. The van der Waals surface area contributed by atoms with E-state index in [1.165, 1.54) is 0 Å². The fourth-order valence-corrected chi connectivity index (χ4v) is 1.82. The molecule has 4 nitrogen and oxygen atoms in total. The molecule has 0 aliphatic heterocycles. The maximum atomic E-state index is 12.0. The van der Waals surface area contributed by atoms with Crippen LogP contribution in [0.3, 0.4) is 0 Å². The van der Waals surface area contributed by atoms with Crippen molar-refractivity contribution in [3.63, 3.8) is 0 Å². The van der Waals surface area contributed by atoms with Crippen molar-refractivity contribution in [2.45, 2.75) is 38.2 Å². The van der Waals surface area contributed by atoms with Gasteiger partial charge in [0.25, 0.3) is 6.43 Å². The van der Waals surface area contributed by atoms with Crippen LogP contribution in [0.2, 0.25) is 0 Å². The lowest BCUT2D eigenvalue weighted by Gasteiger charge is -2.20. The molecule has 1 aliphatic rings. The number of halogens is 2. The molecular formula is C10H14F2N2O2. The molecule has 16 heavy (non-hydrogen) atoms. The molecule has 0 aromatic carbocycles. The van der Waals surface area contributed by atoms with E-state index in [2.05, 4.69) is 5.32 Å². The number of hydrogen-bond acceptors (Lipinski definition) is 3. The lowest BCUT2D eigenvalue weighted by molar-refractivity contribution is -0.129. The van der Waals surface area contributed by atoms with Crippen LogP contribution in [0, 0.1) is 16.7 Å². The van der Waals surface area contributed by atoms with Crippen LogP contribution in [0.25, 0.3) is 0 Å². The highest BCUT2D eigenvalue weighted by Gasteiger charge is 2.41. The van der Waals surface area contributed by atoms with E-state index in [-0.39, 0.29) is 0 Å². The van der Waals surface area contributed by atoms with Crippen LogP contribution in [0.5, 0.6) is 0 Å². The zero-order valence-corrected chi connectivity index (χ0v) is 8.75. The summed E-state index contributed by atoms with van der Waals surface area (Å²) in [5.41, 5.74) is -1.08. The molecule has 0 aromatic rings. The van der Waals surface area contributed by atoms with Crippen molar-refractivity contribution in [3.8, 4) is 6.07 Å². The molecule has 1 atom stereocenters. The Bertz CT molecular complexity index is 296. The molecule has 0 radical (unpaired) electrons. The Hall–Kier alpha value is -1.22. The van der Waals surface area contributed by atoms with E-state index in [9.17, 15) is 13.6 Å². The van der Waals surface area contributed by atoms with Crippen LogP contribution in [-0.4, -0.2) is 30.1 Å². The zero-order chi connectivity index (χ0) is 12.2. The number of nitrogens with zero attached hydrogens (tertiary/aromatic N) is 1. The first-order chi connectivity index (χ1) is 7.52.